The predicted molar refractivity (Wildman–Crippen MR) is 137 cm³/mol. The van der Waals surface area contributed by atoms with Gasteiger partial charge in [-0.3, -0.25) is 10.2 Å². The zero-order chi connectivity index (χ0) is 30.1. The average Bonchev–Trinajstić information content (AvgIpc) is 3.26. The zero-order valence-electron chi connectivity index (χ0n) is 23.2. The Morgan fingerprint density at radius 3 is 2.45 bits per heavy atom. The highest BCUT2D eigenvalue weighted by Crippen LogP contribution is 2.44. The van der Waals surface area contributed by atoms with Crippen molar-refractivity contribution in [3.63, 3.8) is 0 Å². The number of hydrogen-bond donors (Lipinski definition) is 1. The summed E-state index contributed by atoms with van der Waals surface area (Å²) in [5.74, 6) is -3.54. The van der Waals surface area contributed by atoms with Crippen molar-refractivity contribution in [2.45, 2.75) is 75.8 Å². The number of carbonyl (C=O) groups is 1. The lowest BCUT2D eigenvalue weighted by atomic mass is 9.78. The monoisotopic (exact) mass is 600 g/mol. The number of benzene rings is 2. The minimum absolute atomic E-state index is 0.0353. The number of halogens is 5. The highest BCUT2D eigenvalue weighted by atomic mass is 19.4. The number of fused-ring (bicyclic) bond motifs is 1. The summed E-state index contributed by atoms with van der Waals surface area (Å²) in [6.07, 6.45) is -6.62. The Kier molecular flexibility index (Phi) is 8.89. The molecule has 1 N–H and O–H groups in total. The lowest BCUT2D eigenvalue weighted by molar-refractivity contribution is -0.187. The van der Waals surface area contributed by atoms with Gasteiger partial charge in [-0.25, -0.2) is 13.8 Å². The molecule has 230 valence electrons. The van der Waals surface area contributed by atoms with Gasteiger partial charge in [0, 0.05) is 25.9 Å². The third kappa shape index (κ3) is 7.09. The van der Waals surface area contributed by atoms with E-state index in [4.69, 9.17) is 23.7 Å². The average molecular weight is 601 g/mol. The normalized spacial score (nSPS) is 27.9. The van der Waals surface area contributed by atoms with Gasteiger partial charge in [0.2, 0.25) is 0 Å². The molecule has 3 fully saturated rings. The Labute approximate surface area is 240 Å². The van der Waals surface area contributed by atoms with Crippen molar-refractivity contribution in [3.8, 4) is 0 Å². The molecule has 1 saturated carbocycles. The highest BCUT2D eigenvalue weighted by molar-refractivity contribution is 5.85. The number of carbonyl (C=O) groups excluding carboxylic acids is 1. The molecule has 0 radical (unpaired) electrons. The van der Waals surface area contributed by atoms with Crippen LogP contribution in [0.15, 0.2) is 42.5 Å². The van der Waals surface area contributed by atoms with E-state index >= 15 is 0 Å². The summed E-state index contributed by atoms with van der Waals surface area (Å²) in [7, 11) is 0. The maximum Gasteiger partial charge on any atom is 0.416 e. The van der Waals surface area contributed by atoms with Gasteiger partial charge in [-0.05, 0) is 49.2 Å². The summed E-state index contributed by atoms with van der Waals surface area (Å²) in [6, 6.07) is 8.12. The summed E-state index contributed by atoms with van der Waals surface area (Å²) < 4.78 is 97.4. The fourth-order valence-corrected chi connectivity index (χ4v) is 5.52. The number of nitrogens with one attached hydrogen (secondary N) is 1. The smallest absolute Gasteiger partial charge is 0.379 e. The summed E-state index contributed by atoms with van der Waals surface area (Å²) in [4.78, 5) is 13.9. The highest BCUT2D eigenvalue weighted by Gasteiger charge is 2.58. The van der Waals surface area contributed by atoms with E-state index in [2.05, 4.69) is 5.43 Å². The van der Waals surface area contributed by atoms with Gasteiger partial charge in [-0.1, -0.05) is 18.2 Å². The van der Waals surface area contributed by atoms with Crippen molar-refractivity contribution in [1.29, 1.82) is 0 Å². The second-order valence-corrected chi connectivity index (χ2v) is 11.2. The first-order valence-electron chi connectivity index (χ1n) is 13.7. The van der Waals surface area contributed by atoms with Crippen LogP contribution in [0.25, 0.3) is 0 Å². The number of amides is 1. The van der Waals surface area contributed by atoms with E-state index in [1.807, 2.05) is 0 Å². The number of morpholine rings is 1. The second kappa shape index (κ2) is 12.1. The first-order valence-corrected chi connectivity index (χ1v) is 13.7. The Hall–Kier alpha value is -2.68. The van der Waals surface area contributed by atoms with Crippen molar-refractivity contribution < 1.29 is 50.4 Å². The van der Waals surface area contributed by atoms with Gasteiger partial charge in [0.05, 0.1) is 44.2 Å². The molecule has 2 heterocycles. The molecule has 0 spiro atoms. The molecule has 1 aliphatic carbocycles. The maximum atomic E-state index is 13.9. The SMILES string of the molecule is CC1(C)O[C@H]2[C@@H](OCc3ccc(F)c(F)c3)C[C@](OCc3cccc(C(F)(F)F)c3)(C(=O)NN3CCOCC3)C[C@H]2O1. The van der Waals surface area contributed by atoms with Crippen molar-refractivity contribution in [2.75, 3.05) is 26.3 Å². The van der Waals surface area contributed by atoms with Crippen LogP contribution in [0.1, 0.15) is 43.4 Å². The quantitative estimate of drug-likeness (QED) is 0.447. The van der Waals surface area contributed by atoms with Crippen LogP contribution >= 0.6 is 0 Å². The van der Waals surface area contributed by atoms with Crippen LogP contribution in [0.5, 0.6) is 0 Å². The van der Waals surface area contributed by atoms with Crippen molar-refractivity contribution in [1.82, 2.24) is 10.4 Å². The van der Waals surface area contributed by atoms with Crippen LogP contribution < -0.4 is 5.43 Å². The number of hydrogen-bond acceptors (Lipinski definition) is 7. The van der Waals surface area contributed by atoms with E-state index in [-0.39, 0.29) is 31.6 Å². The summed E-state index contributed by atoms with van der Waals surface area (Å²) in [5.41, 5.74) is 1.05. The van der Waals surface area contributed by atoms with Gasteiger partial charge in [0.25, 0.3) is 5.91 Å². The Morgan fingerprint density at radius 2 is 1.74 bits per heavy atom. The summed E-state index contributed by atoms with van der Waals surface area (Å²) in [6.45, 7) is 4.71. The Balaban J connectivity index is 1.42. The summed E-state index contributed by atoms with van der Waals surface area (Å²) >= 11 is 0. The number of rotatable bonds is 8. The molecule has 2 aromatic carbocycles. The van der Waals surface area contributed by atoms with Gasteiger partial charge in [0.15, 0.2) is 23.0 Å². The molecule has 1 amide bonds. The third-order valence-electron chi connectivity index (χ3n) is 7.55. The summed E-state index contributed by atoms with van der Waals surface area (Å²) in [5, 5.41) is 1.69. The van der Waals surface area contributed by atoms with Gasteiger partial charge in [-0.15, -0.1) is 0 Å². The minimum Gasteiger partial charge on any atom is -0.379 e. The zero-order valence-corrected chi connectivity index (χ0v) is 23.2. The standard InChI is InChI=1S/C29H33F5N2O6/c1-27(2)41-24-15-28(26(37)35-36-8-10-38-11-9-36,40-17-18-4-3-5-20(12-18)29(32,33)34)14-23(25(24)42-27)39-16-19-6-7-21(30)22(31)13-19/h3-7,12-13,23-25H,8-11,14-17H2,1-2H3,(H,35,37)/t23-,24+,25-,28+/m0/s1. The molecule has 42 heavy (non-hydrogen) atoms. The van der Waals surface area contributed by atoms with Crippen LogP contribution in [0.3, 0.4) is 0 Å². The van der Waals surface area contributed by atoms with Crippen LogP contribution in [0.4, 0.5) is 22.0 Å². The first kappa shape index (κ1) is 30.8. The lowest BCUT2D eigenvalue weighted by Gasteiger charge is -2.44. The fraction of sp³-hybridized carbons (Fsp3) is 0.552. The van der Waals surface area contributed by atoms with Gasteiger partial charge in [-0.2, -0.15) is 13.2 Å². The Morgan fingerprint density at radius 1 is 1.00 bits per heavy atom. The number of hydrazine groups is 1. The number of nitrogens with zero attached hydrogens (tertiary/aromatic N) is 1. The molecule has 0 bridgehead atoms. The van der Waals surface area contributed by atoms with Gasteiger partial charge < -0.3 is 23.7 Å². The molecule has 8 nitrogen and oxygen atoms in total. The molecule has 13 heteroatoms. The number of alkyl halides is 3. The molecule has 0 unspecified atom stereocenters. The van der Waals surface area contributed by atoms with Gasteiger partial charge >= 0.3 is 6.18 Å². The van der Waals surface area contributed by atoms with Crippen molar-refractivity contribution in [3.05, 3.63) is 70.8 Å². The molecule has 2 saturated heterocycles. The number of ether oxygens (including phenoxy) is 5. The predicted octanol–water partition coefficient (Wildman–Crippen LogP) is 4.50. The van der Waals surface area contributed by atoms with Crippen molar-refractivity contribution >= 4 is 5.91 Å². The molecule has 2 aliphatic heterocycles. The van der Waals surface area contributed by atoms with E-state index in [0.29, 0.717) is 31.9 Å². The van der Waals surface area contributed by atoms with Crippen LogP contribution in [0.2, 0.25) is 0 Å². The van der Waals surface area contributed by atoms with E-state index in [1.54, 1.807) is 18.9 Å². The second-order valence-electron chi connectivity index (χ2n) is 11.2. The molecular weight excluding hydrogens is 567 g/mol. The molecule has 0 aromatic heterocycles. The first-order chi connectivity index (χ1) is 19.8. The van der Waals surface area contributed by atoms with Crippen molar-refractivity contribution in [2.24, 2.45) is 0 Å². The van der Waals surface area contributed by atoms with Crippen LogP contribution in [-0.4, -0.2) is 66.9 Å². The largest absolute Gasteiger partial charge is 0.416 e. The van der Waals surface area contributed by atoms with E-state index in [1.165, 1.54) is 18.2 Å². The Bertz CT molecular complexity index is 1270. The van der Waals surface area contributed by atoms with E-state index < -0.39 is 59.0 Å². The van der Waals surface area contributed by atoms with E-state index in [9.17, 15) is 26.7 Å². The third-order valence-corrected chi connectivity index (χ3v) is 7.55. The fourth-order valence-electron chi connectivity index (χ4n) is 5.52. The van der Waals surface area contributed by atoms with E-state index in [0.717, 1.165) is 24.3 Å². The van der Waals surface area contributed by atoms with Gasteiger partial charge in [0.1, 0.15) is 6.10 Å². The van der Waals surface area contributed by atoms with Crippen LogP contribution in [0, 0.1) is 11.6 Å². The lowest BCUT2D eigenvalue weighted by Crippen LogP contribution is -2.63. The minimum atomic E-state index is -4.54. The van der Waals surface area contributed by atoms with Crippen LogP contribution in [-0.2, 0) is 47.9 Å². The molecular formula is C29H33F5N2O6. The molecule has 4 atom stereocenters. The molecule has 5 rings (SSSR count). The molecule has 2 aromatic rings. The maximum absolute atomic E-state index is 13.9. The molecule has 3 aliphatic rings. The topological polar surface area (TPSA) is 78.5 Å².